The van der Waals surface area contributed by atoms with Crippen LogP contribution in [0.3, 0.4) is 0 Å². The Balaban J connectivity index is 1.62. The first-order valence-corrected chi connectivity index (χ1v) is 8.64. The zero-order valence-electron chi connectivity index (χ0n) is 14.9. The molecule has 0 atom stereocenters. The van der Waals surface area contributed by atoms with Crippen LogP contribution in [0.25, 0.3) is 18.3 Å². The van der Waals surface area contributed by atoms with Crippen molar-refractivity contribution in [2.24, 2.45) is 0 Å². The van der Waals surface area contributed by atoms with Gasteiger partial charge in [-0.05, 0) is 48.0 Å². The molecule has 0 aliphatic rings. The number of para-hydroxylation sites is 1. The molecule has 0 saturated carbocycles. The van der Waals surface area contributed by atoms with Gasteiger partial charge in [-0.25, -0.2) is 4.68 Å². The highest BCUT2D eigenvalue weighted by Crippen LogP contribution is 2.12. The van der Waals surface area contributed by atoms with Crippen LogP contribution in [-0.4, -0.2) is 15.7 Å². The number of anilines is 1. The molecule has 0 fully saturated rings. The van der Waals surface area contributed by atoms with Gasteiger partial charge < -0.3 is 9.73 Å². The van der Waals surface area contributed by atoms with Crippen molar-refractivity contribution < 1.29 is 9.21 Å². The molecule has 6 heteroatoms. The van der Waals surface area contributed by atoms with E-state index in [1.54, 1.807) is 30.3 Å². The Kier molecular flexibility index (Phi) is 4.51. The second-order valence-electron chi connectivity index (χ2n) is 6.18. The van der Waals surface area contributed by atoms with E-state index in [-0.39, 0.29) is 17.2 Å². The Morgan fingerprint density at radius 1 is 1.04 bits per heavy atom. The number of H-pyrrole nitrogens is 1. The summed E-state index contributed by atoms with van der Waals surface area (Å²) in [5.41, 5.74) is 2.01. The molecular formula is C22H17N3O3. The Bertz CT molecular complexity index is 1270. The van der Waals surface area contributed by atoms with Gasteiger partial charge in [0.1, 0.15) is 0 Å². The first-order chi connectivity index (χ1) is 13.6. The maximum Gasteiger partial charge on any atom is 0.291 e. The van der Waals surface area contributed by atoms with Crippen LogP contribution in [0.1, 0.15) is 16.1 Å². The number of aromatic nitrogens is 2. The predicted octanol–water partition coefficient (Wildman–Crippen LogP) is 2.25. The molecular weight excluding hydrogens is 354 g/mol. The number of benzene rings is 2. The third-order valence-corrected chi connectivity index (χ3v) is 4.24. The van der Waals surface area contributed by atoms with Crippen LogP contribution in [0, 0.1) is 0 Å². The molecule has 2 heterocycles. The molecule has 0 spiro atoms. The van der Waals surface area contributed by atoms with Crippen molar-refractivity contribution in [1.29, 1.82) is 0 Å². The van der Waals surface area contributed by atoms with E-state index in [0.29, 0.717) is 16.3 Å². The van der Waals surface area contributed by atoms with Gasteiger partial charge in [-0.1, -0.05) is 36.9 Å². The molecule has 138 valence electrons. The molecule has 0 radical (unpaired) electrons. The topological polar surface area (TPSA) is 80.0 Å². The lowest BCUT2D eigenvalue weighted by Crippen LogP contribution is -2.33. The van der Waals surface area contributed by atoms with Gasteiger partial charge in [-0.15, -0.1) is 0 Å². The molecule has 0 aliphatic heterocycles. The largest absolute Gasteiger partial charge is 0.459 e. The molecule has 2 aromatic carbocycles. The maximum absolute atomic E-state index is 12.7. The number of amides is 1. The van der Waals surface area contributed by atoms with Gasteiger partial charge in [0.25, 0.3) is 11.5 Å². The summed E-state index contributed by atoms with van der Waals surface area (Å²) in [6, 6.07) is 19.7. The minimum absolute atomic E-state index is 0.175. The van der Waals surface area contributed by atoms with E-state index < -0.39 is 0 Å². The van der Waals surface area contributed by atoms with Crippen molar-refractivity contribution >= 4 is 24.2 Å². The van der Waals surface area contributed by atoms with Gasteiger partial charge in [0, 0.05) is 5.69 Å². The van der Waals surface area contributed by atoms with Crippen LogP contribution in [0.2, 0.25) is 0 Å². The molecule has 6 nitrogen and oxygen atoms in total. The Morgan fingerprint density at radius 3 is 2.46 bits per heavy atom. The SMILES string of the molecule is C=c1[nH]n(-c2ccccc2)c(=O)/c1=C\c1ccc(NC(=O)c2ccco2)cc1. The zero-order chi connectivity index (χ0) is 19.5. The lowest BCUT2D eigenvalue weighted by molar-refractivity contribution is 0.0996. The molecule has 2 N–H and O–H groups in total. The standard InChI is InChI=1S/C22H17N3O3/c1-15-19(22(27)25(24-15)18-6-3-2-4-7-18)14-16-9-11-17(12-10-16)23-21(26)20-8-5-13-28-20/h2-14,24H,1H2,(H,23,26)/b19-14-. The number of hydrogen-bond acceptors (Lipinski definition) is 3. The minimum atomic E-state index is -0.321. The fraction of sp³-hybridized carbons (Fsp3) is 0. The van der Waals surface area contributed by atoms with Gasteiger partial charge in [0.2, 0.25) is 0 Å². The summed E-state index contributed by atoms with van der Waals surface area (Å²) in [5, 5.41) is 6.76. The van der Waals surface area contributed by atoms with Crippen LogP contribution in [0.4, 0.5) is 5.69 Å². The third kappa shape index (κ3) is 3.43. The quantitative estimate of drug-likeness (QED) is 0.577. The van der Waals surface area contributed by atoms with Crippen LogP contribution >= 0.6 is 0 Å². The van der Waals surface area contributed by atoms with Crippen molar-refractivity contribution in [3.8, 4) is 5.69 Å². The summed E-state index contributed by atoms with van der Waals surface area (Å²) in [7, 11) is 0. The van der Waals surface area contributed by atoms with Crippen LogP contribution in [0.15, 0.2) is 82.2 Å². The van der Waals surface area contributed by atoms with Crippen molar-refractivity contribution in [2.75, 3.05) is 5.32 Å². The fourth-order valence-corrected chi connectivity index (χ4v) is 2.83. The average Bonchev–Trinajstić information content (AvgIpc) is 3.35. The molecule has 4 rings (SSSR count). The fourth-order valence-electron chi connectivity index (χ4n) is 2.83. The van der Waals surface area contributed by atoms with Gasteiger partial charge in [-0.2, -0.15) is 0 Å². The van der Waals surface area contributed by atoms with E-state index in [2.05, 4.69) is 17.0 Å². The molecule has 0 bridgehead atoms. The lowest BCUT2D eigenvalue weighted by atomic mass is 10.1. The summed E-state index contributed by atoms with van der Waals surface area (Å²) >= 11 is 0. The Morgan fingerprint density at radius 2 is 1.79 bits per heavy atom. The van der Waals surface area contributed by atoms with Crippen molar-refractivity contribution in [3.63, 3.8) is 0 Å². The number of aromatic amines is 1. The van der Waals surface area contributed by atoms with Crippen molar-refractivity contribution in [2.45, 2.75) is 0 Å². The van der Waals surface area contributed by atoms with E-state index >= 15 is 0 Å². The van der Waals surface area contributed by atoms with E-state index in [9.17, 15) is 9.59 Å². The van der Waals surface area contributed by atoms with E-state index in [4.69, 9.17) is 4.42 Å². The number of nitrogens with zero attached hydrogens (tertiary/aromatic N) is 1. The number of furan rings is 1. The summed E-state index contributed by atoms with van der Waals surface area (Å²) in [5.74, 6) is -0.0794. The van der Waals surface area contributed by atoms with E-state index in [1.165, 1.54) is 10.9 Å². The number of carbonyl (C=O) groups is 1. The number of hydrogen-bond donors (Lipinski definition) is 2. The van der Waals surface area contributed by atoms with E-state index in [1.807, 2.05) is 42.5 Å². The third-order valence-electron chi connectivity index (χ3n) is 4.24. The highest BCUT2D eigenvalue weighted by molar-refractivity contribution is 6.02. The minimum Gasteiger partial charge on any atom is -0.459 e. The maximum atomic E-state index is 12.7. The molecule has 0 unspecified atom stereocenters. The van der Waals surface area contributed by atoms with Crippen molar-refractivity contribution in [3.05, 3.63) is 105 Å². The van der Waals surface area contributed by atoms with Gasteiger partial charge in [0.15, 0.2) is 5.76 Å². The van der Waals surface area contributed by atoms with Gasteiger partial charge in [0.05, 0.1) is 22.5 Å². The Labute approximate surface area is 160 Å². The monoisotopic (exact) mass is 371 g/mol. The smallest absolute Gasteiger partial charge is 0.291 e. The molecule has 0 aliphatic carbocycles. The second-order valence-corrected chi connectivity index (χ2v) is 6.18. The first kappa shape index (κ1) is 17.4. The Hall–Kier alpha value is -4.06. The van der Waals surface area contributed by atoms with Crippen LogP contribution in [0.5, 0.6) is 0 Å². The summed E-state index contributed by atoms with van der Waals surface area (Å²) < 4.78 is 6.53. The van der Waals surface area contributed by atoms with Gasteiger partial charge >= 0.3 is 0 Å². The molecule has 28 heavy (non-hydrogen) atoms. The summed E-state index contributed by atoms with van der Waals surface area (Å²) in [6.07, 6.45) is 3.21. The van der Waals surface area contributed by atoms with Gasteiger partial charge in [-0.3, -0.25) is 14.7 Å². The summed E-state index contributed by atoms with van der Waals surface area (Å²) in [4.78, 5) is 24.7. The highest BCUT2D eigenvalue weighted by atomic mass is 16.3. The highest BCUT2D eigenvalue weighted by Gasteiger charge is 2.08. The molecule has 0 saturated heterocycles. The van der Waals surface area contributed by atoms with Crippen LogP contribution < -0.4 is 21.4 Å². The predicted molar refractivity (Wildman–Crippen MR) is 108 cm³/mol. The average molecular weight is 371 g/mol. The number of carbonyl (C=O) groups excluding carboxylic acids is 1. The van der Waals surface area contributed by atoms with E-state index in [0.717, 1.165) is 11.3 Å². The zero-order valence-corrected chi connectivity index (χ0v) is 14.9. The molecule has 1 amide bonds. The molecule has 4 aromatic rings. The molecule has 2 aromatic heterocycles. The summed E-state index contributed by atoms with van der Waals surface area (Å²) in [6.45, 7) is 3.93. The normalized spacial score (nSPS) is 11.5. The first-order valence-electron chi connectivity index (χ1n) is 8.64. The lowest BCUT2D eigenvalue weighted by Gasteiger charge is -2.03. The van der Waals surface area contributed by atoms with Crippen molar-refractivity contribution in [1.82, 2.24) is 9.78 Å². The number of nitrogens with one attached hydrogen (secondary N) is 2. The number of rotatable bonds is 4. The second kappa shape index (κ2) is 7.28. The van der Waals surface area contributed by atoms with Crippen LogP contribution in [-0.2, 0) is 0 Å².